The standard InChI is InChI=1S/C15H15ClN2OS/c1-2-15-17-12(9-20-15)7-18-6-10(8-19)13-4-3-11(16)5-14(13)18/h3-6,9,19H,2,7-8H2,1H3. The molecular weight excluding hydrogens is 292 g/mol. The molecule has 2 heterocycles. The normalized spacial score (nSPS) is 11.3. The van der Waals surface area contributed by atoms with Crippen molar-refractivity contribution in [1.29, 1.82) is 0 Å². The monoisotopic (exact) mass is 306 g/mol. The van der Waals surface area contributed by atoms with Gasteiger partial charge in [-0.05, 0) is 18.6 Å². The molecule has 0 aliphatic rings. The van der Waals surface area contributed by atoms with E-state index < -0.39 is 0 Å². The van der Waals surface area contributed by atoms with Crippen molar-refractivity contribution in [2.75, 3.05) is 0 Å². The van der Waals surface area contributed by atoms with Crippen molar-refractivity contribution < 1.29 is 5.11 Å². The molecule has 0 unspecified atom stereocenters. The van der Waals surface area contributed by atoms with Crippen LogP contribution < -0.4 is 0 Å². The summed E-state index contributed by atoms with van der Waals surface area (Å²) in [6.45, 7) is 2.84. The van der Waals surface area contributed by atoms with Gasteiger partial charge in [0.1, 0.15) is 0 Å². The first-order chi connectivity index (χ1) is 9.71. The number of nitrogens with zero attached hydrogens (tertiary/aromatic N) is 2. The van der Waals surface area contributed by atoms with Crippen molar-refractivity contribution in [3.05, 3.63) is 51.1 Å². The van der Waals surface area contributed by atoms with Gasteiger partial charge in [0.25, 0.3) is 0 Å². The van der Waals surface area contributed by atoms with E-state index in [-0.39, 0.29) is 6.61 Å². The van der Waals surface area contributed by atoms with Crippen molar-refractivity contribution in [3.8, 4) is 0 Å². The zero-order valence-corrected chi connectivity index (χ0v) is 12.7. The van der Waals surface area contributed by atoms with E-state index in [2.05, 4.69) is 21.9 Å². The first-order valence-corrected chi connectivity index (χ1v) is 7.78. The molecule has 0 saturated heterocycles. The SMILES string of the molecule is CCc1nc(Cn2cc(CO)c3ccc(Cl)cc32)cs1. The Labute approximate surface area is 126 Å². The Balaban J connectivity index is 2.04. The first kappa shape index (κ1) is 13.6. The number of fused-ring (bicyclic) bond motifs is 1. The average Bonchev–Trinajstić information content (AvgIpc) is 3.04. The van der Waals surface area contributed by atoms with E-state index in [0.29, 0.717) is 11.6 Å². The number of rotatable bonds is 4. The van der Waals surface area contributed by atoms with Crippen LogP contribution in [0.25, 0.3) is 10.9 Å². The highest BCUT2D eigenvalue weighted by Gasteiger charge is 2.10. The summed E-state index contributed by atoms with van der Waals surface area (Å²) in [5.74, 6) is 0. The quantitative estimate of drug-likeness (QED) is 0.795. The molecule has 1 N–H and O–H groups in total. The minimum atomic E-state index is 0.0302. The molecular formula is C15H15ClN2OS. The maximum Gasteiger partial charge on any atom is 0.0926 e. The number of aryl methyl sites for hydroxylation is 1. The smallest absolute Gasteiger partial charge is 0.0926 e. The van der Waals surface area contributed by atoms with Gasteiger partial charge < -0.3 is 9.67 Å². The zero-order valence-electron chi connectivity index (χ0n) is 11.1. The fourth-order valence-electron chi connectivity index (χ4n) is 2.36. The number of aliphatic hydroxyl groups is 1. The summed E-state index contributed by atoms with van der Waals surface area (Å²) in [5.41, 5.74) is 3.00. The van der Waals surface area contributed by atoms with E-state index in [4.69, 9.17) is 11.6 Å². The topological polar surface area (TPSA) is 38.0 Å². The van der Waals surface area contributed by atoms with Gasteiger partial charge in [0, 0.05) is 27.5 Å². The minimum Gasteiger partial charge on any atom is -0.392 e. The van der Waals surface area contributed by atoms with Crippen molar-refractivity contribution in [2.24, 2.45) is 0 Å². The van der Waals surface area contributed by atoms with Crippen molar-refractivity contribution in [1.82, 2.24) is 9.55 Å². The lowest BCUT2D eigenvalue weighted by Crippen LogP contribution is -1.98. The van der Waals surface area contributed by atoms with Gasteiger partial charge in [0.05, 0.1) is 29.4 Å². The highest BCUT2D eigenvalue weighted by molar-refractivity contribution is 7.09. The van der Waals surface area contributed by atoms with Crippen LogP contribution in [0.15, 0.2) is 29.8 Å². The van der Waals surface area contributed by atoms with Gasteiger partial charge in [0.15, 0.2) is 0 Å². The summed E-state index contributed by atoms with van der Waals surface area (Å²) in [6, 6.07) is 5.74. The molecule has 2 aromatic heterocycles. The molecule has 0 aliphatic heterocycles. The first-order valence-electron chi connectivity index (χ1n) is 6.52. The van der Waals surface area contributed by atoms with Gasteiger partial charge in [-0.1, -0.05) is 24.6 Å². The number of aliphatic hydroxyl groups excluding tert-OH is 1. The summed E-state index contributed by atoms with van der Waals surface area (Å²) in [7, 11) is 0. The molecule has 0 aliphatic carbocycles. The number of aromatic nitrogens is 2. The van der Waals surface area contributed by atoms with Gasteiger partial charge in [-0.25, -0.2) is 4.98 Å². The predicted octanol–water partition coefficient (Wildman–Crippen LogP) is 3.85. The predicted molar refractivity (Wildman–Crippen MR) is 83.5 cm³/mol. The maximum atomic E-state index is 9.47. The van der Waals surface area contributed by atoms with Crippen LogP contribution in [0.2, 0.25) is 5.02 Å². The molecule has 0 radical (unpaired) electrons. The van der Waals surface area contributed by atoms with E-state index in [9.17, 15) is 5.11 Å². The molecule has 20 heavy (non-hydrogen) atoms. The number of hydrogen-bond acceptors (Lipinski definition) is 3. The number of hydrogen-bond donors (Lipinski definition) is 1. The Hall–Kier alpha value is -1.36. The third-order valence-corrected chi connectivity index (χ3v) is 4.61. The van der Waals surface area contributed by atoms with E-state index in [0.717, 1.165) is 33.6 Å². The van der Waals surface area contributed by atoms with Gasteiger partial charge in [-0.3, -0.25) is 0 Å². The second-order valence-electron chi connectivity index (χ2n) is 4.69. The summed E-state index contributed by atoms with van der Waals surface area (Å²) < 4.78 is 2.10. The fraction of sp³-hybridized carbons (Fsp3) is 0.267. The molecule has 5 heteroatoms. The van der Waals surface area contributed by atoms with Gasteiger partial charge >= 0.3 is 0 Å². The molecule has 0 spiro atoms. The summed E-state index contributed by atoms with van der Waals surface area (Å²) in [4.78, 5) is 4.59. The second-order valence-corrected chi connectivity index (χ2v) is 6.07. The third kappa shape index (κ3) is 2.46. The molecule has 104 valence electrons. The Kier molecular flexibility index (Phi) is 3.78. The minimum absolute atomic E-state index is 0.0302. The van der Waals surface area contributed by atoms with E-state index in [1.165, 1.54) is 0 Å². The van der Waals surface area contributed by atoms with Gasteiger partial charge in [-0.15, -0.1) is 11.3 Å². The number of benzene rings is 1. The third-order valence-electron chi connectivity index (χ3n) is 3.33. The lowest BCUT2D eigenvalue weighted by atomic mass is 10.2. The van der Waals surface area contributed by atoms with Crippen LogP contribution in [0.5, 0.6) is 0 Å². The highest BCUT2D eigenvalue weighted by atomic mass is 35.5. The maximum absolute atomic E-state index is 9.47. The second kappa shape index (κ2) is 5.56. The summed E-state index contributed by atoms with van der Waals surface area (Å²) in [6.07, 6.45) is 2.94. The van der Waals surface area contributed by atoms with E-state index in [1.807, 2.05) is 24.4 Å². The largest absolute Gasteiger partial charge is 0.392 e. The lowest BCUT2D eigenvalue weighted by molar-refractivity contribution is 0.283. The summed E-state index contributed by atoms with van der Waals surface area (Å²) >= 11 is 7.77. The average molecular weight is 307 g/mol. The molecule has 0 fully saturated rings. The van der Waals surface area contributed by atoms with E-state index >= 15 is 0 Å². The van der Waals surface area contributed by atoms with Crippen LogP contribution in [0.1, 0.15) is 23.2 Å². The molecule has 1 aromatic carbocycles. The Morgan fingerprint density at radius 1 is 1.40 bits per heavy atom. The van der Waals surface area contributed by atoms with Crippen molar-refractivity contribution in [3.63, 3.8) is 0 Å². The van der Waals surface area contributed by atoms with Crippen LogP contribution in [0.4, 0.5) is 0 Å². The van der Waals surface area contributed by atoms with E-state index in [1.54, 1.807) is 11.3 Å². The van der Waals surface area contributed by atoms with Crippen LogP contribution in [-0.2, 0) is 19.6 Å². The van der Waals surface area contributed by atoms with Gasteiger partial charge in [0.2, 0.25) is 0 Å². The van der Waals surface area contributed by atoms with Crippen molar-refractivity contribution >= 4 is 33.8 Å². The molecule has 0 atom stereocenters. The highest BCUT2D eigenvalue weighted by Crippen LogP contribution is 2.26. The molecule has 0 bridgehead atoms. The van der Waals surface area contributed by atoms with Gasteiger partial charge in [-0.2, -0.15) is 0 Å². The van der Waals surface area contributed by atoms with Crippen LogP contribution in [0.3, 0.4) is 0 Å². The zero-order chi connectivity index (χ0) is 14.1. The van der Waals surface area contributed by atoms with Crippen LogP contribution >= 0.6 is 22.9 Å². The number of thiazole rings is 1. The Bertz CT molecular complexity index is 747. The number of halogens is 1. The fourth-order valence-corrected chi connectivity index (χ4v) is 3.26. The Morgan fingerprint density at radius 2 is 2.25 bits per heavy atom. The molecule has 0 amide bonds. The Morgan fingerprint density at radius 3 is 2.95 bits per heavy atom. The van der Waals surface area contributed by atoms with Crippen molar-refractivity contribution in [2.45, 2.75) is 26.5 Å². The lowest BCUT2D eigenvalue weighted by Gasteiger charge is -2.03. The summed E-state index contributed by atoms with van der Waals surface area (Å²) in [5, 5.41) is 14.5. The van der Waals surface area contributed by atoms with Crippen LogP contribution in [-0.4, -0.2) is 14.7 Å². The molecule has 3 nitrogen and oxygen atoms in total. The molecule has 3 aromatic rings. The van der Waals surface area contributed by atoms with Crippen LogP contribution in [0, 0.1) is 0 Å². The molecule has 0 saturated carbocycles. The molecule has 3 rings (SSSR count).